The zero-order valence-electron chi connectivity index (χ0n) is 8.53. The minimum Gasteiger partial charge on any atom is -0.353 e. The smallest absolute Gasteiger partial charge is 0.186 e. The lowest BCUT2D eigenvalue weighted by molar-refractivity contribution is -0.223. The Balaban J connectivity index is 2.12. The van der Waals surface area contributed by atoms with Crippen molar-refractivity contribution >= 4 is 22.6 Å². The Labute approximate surface area is 97.4 Å². The Kier molecular flexibility index (Phi) is 3.05. The molecule has 0 bridgehead atoms. The van der Waals surface area contributed by atoms with E-state index in [2.05, 4.69) is 22.6 Å². The highest BCUT2D eigenvalue weighted by Gasteiger charge is 2.55. The molecule has 5 heteroatoms. The molecule has 0 N–H and O–H groups in total. The number of halogens is 1. The lowest BCUT2D eigenvalue weighted by Crippen LogP contribution is -2.30. The van der Waals surface area contributed by atoms with E-state index in [0.717, 1.165) is 4.43 Å². The Bertz CT molecular complexity index is 201. The van der Waals surface area contributed by atoms with Crippen LogP contribution in [0.4, 0.5) is 0 Å². The van der Waals surface area contributed by atoms with Crippen LogP contribution in [0, 0.1) is 0 Å². The predicted octanol–water partition coefficient (Wildman–Crippen LogP) is 1.31. The summed E-state index contributed by atoms with van der Waals surface area (Å²) >= 11 is 2.29. The van der Waals surface area contributed by atoms with E-state index in [-0.39, 0.29) is 24.6 Å². The van der Waals surface area contributed by atoms with Crippen molar-refractivity contribution in [2.24, 2.45) is 0 Å². The van der Waals surface area contributed by atoms with E-state index in [0.29, 0.717) is 0 Å². The number of rotatable bonds is 2. The first kappa shape index (κ1) is 11.1. The summed E-state index contributed by atoms with van der Waals surface area (Å²) in [5.41, 5.74) is 0. The van der Waals surface area contributed by atoms with Gasteiger partial charge in [-0.05, 0) is 13.8 Å². The van der Waals surface area contributed by atoms with Gasteiger partial charge < -0.3 is 18.9 Å². The van der Waals surface area contributed by atoms with Crippen LogP contribution < -0.4 is 0 Å². The summed E-state index contributed by atoms with van der Waals surface area (Å²) in [7, 11) is 1.63. The van der Waals surface area contributed by atoms with Gasteiger partial charge in [-0.2, -0.15) is 0 Å². The maximum atomic E-state index is 5.78. The first-order valence-corrected chi connectivity index (χ1v) is 6.20. The summed E-state index contributed by atoms with van der Waals surface area (Å²) in [5, 5.41) is 0. The number of fused-ring (bicyclic) bond motifs is 1. The number of hydrogen-bond donors (Lipinski definition) is 0. The van der Waals surface area contributed by atoms with Gasteiger partial charge in [0.2, 0.25) is 0 Å². The SMILES string of the molecule is COC1O[C@H](CI)[C@@H]2OC(C)(C)O[C@@H]12. The van der Waals surface area contributed by atoms with Crippen molar-refractivity contribution in [3.05, 3.63) is 0 Å². The Morgan fingerprint density at radius 1 is 1.29 bits per heavy atom. The van der Waals surface area contributed by atoms with Crippen LogP contribution in [-0.4, -0.2) is 41.9 Å². The molecule has 0 aliphatic carbocycles. The molecule has 4 nitrogen and oxygen atoms in total. The molecule has 0 saturated carbocycles. The molecule has 82 valence electrons. The van der Waals surface area contributed by atoms with Crippen LogP contribution in [0.5, 0.6) is 0 Å². The molecule has 0 amide bonds. The zero-order valence-corrected chi connectivity index (χ0v) is 10.7. The zero-order chi connectivity index (χ0) is 10.3. The Hall–Kier alpha value is 0.570. The quantitative estimate of drug-likeness (QED) is 0.569. The van der Waals surface area contributed by atoms with Crippen molar-refractivity contribution in [2.45, 2.75) is 44.2 Å². The molecule has 4 atom stereocenters. The van der Waals surface area contributed by atoms with E-state index >= 15 is 0 Å². The van der Waals surface area contributed by atoms with Crippen molar-refractivity contribution < 1.29 is 18.9 Å². The largest absolute Gasteiger partial charge is 0.353 e. The first-order valence-electron chi connectivity index (χ1n) is 4.67. The predicted molar refractivity (Wildman–Crippen MR) is 58.4 cm³/mol. The number of alkyl halides is 1. The summed E-state index contributed by atoms with van der Waals surface area (Å²) in [6.45, 7) is 3.84. The number of hydrogen-bond acceptors (Lipinski definition) is 4. The fourth-order valence-electron chi connectivity index (χ4n) is 1.96. The highest BCUT2D eigenvalue weighted by Crippen LogP contribution is 2.39. The fourth-order valence-corrected chi connectivity index (χ4v) is 2.67. The molecule has 0 aromatic heterocycles. The molecule has 2 aliphatic rings. The standard InChI is InChI=1S/C9H15IO4/c1-9(2)13-6-5(4-10)12-8(11-3)7(6)14-9/h5-8H,4H2,1-3H3/t5-,6+,7-,8?/m1/s1. The molecule has 2 rings (SSSR count). The molecular weight excluding hydrogens is 299 g/mol. The molecular formula is C9H15IO4. The fraction of sp³-hybridized carbons (Fsp3) is 1.00. The van der Waals surface area contributed by atoms with Gasteiger partial charge in [-0.1, -0.05) is 22.6 Å². The summed E-state index contributed by atoms with van der Waals surface area (Å²) in [6.07, 6.45) is -0.296. The third kappa shape index (κ3) is 1.80. The van der Waals surface area contributed by atoms with Crippen LogP contribution in [0.3, 0.4) is 0 Å². The highest BCUT2D eigenvalue weighted by atomic mass is 127. The van der Waals surface area contributed by atoms with Crippen molar-refractivity contribution in [1.29, 1.82) is 0 Å². The van der Waals surface area contributed by atoms with E-state index in [4.69, 9.17) is 18.9 Å². The minimum atomic E-state index is -0.514. The van der Waals surface area contributed by atoms with Crippen molar-refractivity contribution in [2.75, 3.05) is 11.5 Å². The van der Waals surface area contributed by atoms with E-state index in [9.17, 15) is 0 Å². The second-order valence-electron chi connectivity index (χ2n) is 4.00. The van der Waals surface area contributed by atoms with Gasteiger partial charge in [-0.25, -0.2) is 0 Å². The number of ether oxygens (including phenoxy) is 4. The molecule has 2 saturated heterocycles. The maximum Gasteiger partial charge on any atom is 0.186 e. The summed E-state index contributed by atoms with van der Waals surface area (Å²) in [5.74, 6) is -0.514. The minimum absolute atomic E-state index is 0.00634. The molecule has 2 fully saturated rings. The van der Waals surface area contributed by atoms with Crippen molar-refractivity contribution in [3.8, 4) is 0 Å². The monoisotopic (exact) mass is 314 g/mol. The topological polar surface area (TPSA) is 36.9 Å². The van der Waals surface area contributed by atoms with Crippen LogP contribution in [0.1, 0.15) is 13.8 Å². The maximum absolute atomic E-state index is 5.78. The van der Waals surface area contributed by atoms with Gasteiger partial charge in [0.05, 0.1) is 6.10 Å². The van der Waals surface area contributed by atoms with Crippen molar-refractivity contribution in [3.63, 3.8) is 0 Å². The normalized spacial score (nSPS) is 45.4. The van der Waals surface area contributed by atoms with E-state index < -0.39 is 5.79 Å². The molecule has 0 aromatic carbocycles. The first-order chi connectivity index (χ1) is 6.57. The molecule has 2 heterocycles. The Morgan fingerprint density at radius 3 is 2.50 bits per heavy atom. The molecule has 1 unspecified atom stereocenters. The van der Waals surface area contributed by atoms with Crippen LogP contribution in [0.25, 0.3) is 0 Å². The average Bonchev–Trinajstić information content (AvgIpc) is 2.57. The van der Waals surface area contributed by atoms with E-state index in [1.165, 1.54) is 0 Å². The van der Waals surface area contributed by atoms with Gasteiger partial charge in [-0.15, -0.1) is 0 Å². The van der Waals surface area contributed by atoms with E-state index in [1.54, 1.807) is 7.11 Å². The van der Waals surface area contributed by atoms with Gasteiger partial charge in [-0.3, -0.25) is 0 Å². The van der Waals surface area contributed by atoms with Crippen LogP contribution in [0.2, 0.25) is 0 Å². The van der Waals surface area contributed by atoms with Gasteiger partial charge in [0, 0.05) is 11.5 Å². The Morgan fingerprint density at radius 2 is 1.93 bits per heavy atom. The number of methoxy groups -OCH3 is 1. The van der Waals surface area contributed by atoms with E-state index in [1.807, 2.05) is 13.8 Å². The molecule has 0 aromatic rings. The molecule has 0 spiro atoms. The van der Waals surface area contributed by atoms with Crippen LogP contribution >= 0.6 is 22.6 Å². The summed E-state index contributed by atoms with van der Waals surface area (Å²) in [4.78, 5) is 0. The van der Waals surface area contributed by atoms with Crippen LogP contribution in [-0.2, 0) is 18.9 Å². The van der Waals surface area contributed by atoms with Gasteiger partial charge in [0.25, 0.3) is 0 Å². The van der Waals surface area contributed by atoms with Gasteiger partial charge >= 0.3 is 0 Å². The van der Waals surface area contributed by atoms with Crippen molar-refractivity contribution in [1.82, 2.24) is 0 Å². The van der Waals surface area contributed by atoms with Gasteiger partial charge in [0.1, 0.15) is 12.2 Å². The lowest BCUT2D eigenvalue weighted by atomic mass is 10.2. The third-order valence-corrected chi connectivity index (χ3v) is 3.36. The van der Waals surface area contributed by atoms with Crippen LogP contribution in [0.15, 0.2) is 0 Å². The average molecular weight is 314 g/mol. The second-order valence-corrected chi connectivity index (χ2v) is 4.88. The van der Waals surface area contributed by atoms with Gasteiger partial charge in [0.15, 0.2) is 12.1 Å². The summed E-state index contributed by atoms with van der Waals surface area (Å²) in [6, 6.07) is 0. The molecule has 0 radical (unpaired) electrons. The highest BCUT2D eigenvalue weighted by molar-refractivity contribution is 14.1. The molecule has 2 aliphatic heterocycles. The summed E-state index contributed by atoms with van der Waals surface area (Å²) < 4.78 is 23.3. The second kappa shape index (κ2) is 3.86. The lowest BCUT2D eigenvalue weighted by Gasteiger charge is -2.22. The molecule has 14 heavy (non-hydrogen) atoms. The third-order valence-electron chi connectivity index (χ3n) is 2.49.